The van der Waals surface area contributed by atoms with Gasteiger partial charge in [-0.15, -0.1) is 0 Å². The van der Waals surface area contributed by atoms with Crippen molar-refractivity contribution in [3.8, 4) is 0 Å². The van der Waals surface area contributed by atoms with Crippen molar-refractivity contribution in [2.45, 2.75) is 26.7 Å². The van der Waals surface area contributed by atoms with Gasteiger partial charge in [-0.05, 0) is 37.1 Å². The van der Waals surface area contributed by atoms with Crippen LogP contribution < -0.4 is 5.73 Å². The van der Waals surface area contributed by atoms with Crippen molar-refractivity contribution < 1.29 is 0 Å². The maximum atomic E-state index is 5.46. The topological polar surface area (TPSA) is 26.0 Å². The third kappa shape index (κ3) is 1.26. The Morgan fingerprint density at radius 1 is 1.33 bits per heavy atom. The molecule has 0 aromatic heterocycles. The smallest absolute Gasteiger partial charge is 0.00744 e. The summed E-state index contributed by atoms with van der Waals surface area (Å²) in [6.07, 6.45) is 2.66. The highest BCUT2D eigenvalue weighted by Gasteiger charge is 2.33. The molecule has 0 spiro atoms. The molecule has 0 saturated heterocycles. The van der Waals surface area contributed by atoms with Gasteiger partial charge in [0.1, 0.15) is 0 Å². The standard InChI is InChI=1S/C8H17N/c1-6-5-7(2)8(6)3-4-9/h6-8H,3-5,9H2,1-2H3. The van der Waals surface area contributed by atoms with Crippen molar-refractivity contribution in [1.82, 2.24) is 0 Å². The van der Waals surface area contributed by atoms with Crippen molar-refractivity contribution in [2.24, 2.45) is 23.5 Å². The molecule has 1 aliphatic rings. The Bertz CT molecular complexity index is 82.6. The molecule has 0 radical (unpaired) electrons. The first-order valence-electron chi connectivity index (χ1n) is 3.95. The molecule has 1 rings (SSSR count). The summed E-state index contributed by atoms with van der Waals surface area (Å²) in [5.41, 5.74) is 5.46. The fraction of sp³-hybridized carbons (Fsp3) is 1.00. The van der Waals surface area contributed by atoms with E-state index < -0.39 is 0 Å². The zero-order valence-electron chi connectivity index (χ0n) is 6.43. The average molecular weight is 127 g/mol. The third-order valence-corrected chi connectivity index (χ3v) is 2.71. The van der Waals surface area contributed by atoms with E-state index in [0.29, 0.717) is 0 Å². The Kier molecular flexibility index (Phi) is 2.12. The van der Waals surface area contributed by atoms with E-state index >= 15 is 0 Å². The van der Waals surface area contributed by atoms with Crippen LogP contribution >= 0.6 is 0 Å². The average Bonchev–Trinajstić information content (AvgIpc) is 1.84. The fourth-order valence-corrected chi connectivity index (χ4v) is 2.06. The Labute approximate surface area is 57.6 Å². The van der Waals surface area contributed by atoms with Crippen LogP contribution in [0, 0.1) is 17.8 Å². The minimum Gasteiger partial charge on any atom is -0.330 e. The van der Waals surface area contributed by atoms with E-state index in [-0.39, 0.29) is 0 Å². The summed E-state index contributed by atoms with van der Waals surface area (Å²) in [6.45, 7) is 5.54. The molecule has 0 aliphatic heterocycles. The molecule has 0 aromatic rings. The summed E-state index contributed by atoms with van der Waals surface area (Å²) in [4.78, 5) is 0. The summed E-state index contributed by atoms with van der Waals surface area (Å²) in [6, 6.07) is 0. The van der Waals surface area contributed by atoms with E-state index in [9.17, 15) is 0 Å². The van der Waals surface area contributed by atoms with Crippen molar-refractivity contribution in [1.29, 1.82) is 0 Å². The van der Waals surface area contributed by atoms with Gasteiger partial charge in [0.15, 0.2) is 0 Å². The third-order valence-electron chi connectivity index (χ3n) is 2.71. The minimum atomic E-state index is 0.874. The van der Waals surface area contributed by atoms with E-state index in [0.717, 1.165) is 24.3 Å². The van der Waals surface area contributed by atoms with Gasteiger partial charge < -0.3 is 5.73 Å². The van der Waals surface area contributed by atoms with E-state index in [1.54, 1.807) is 0 Å². The second-order valence-electron chi connectivity index (χ2n) is 3.43. The second kappa shape index (κ2) is 2.70. The lowest BCUT2D eigenvalue weighted by Gasteiger charge is -2.41. The zero-order valence-corrected chi connectivity index (χ0v) is 6.43. The molecule has 0 aromatic carbocycles. The summed E-state index contributed by atoms with van der Waals surface area (Å²) < 4.78 is 0. The first-order chi connectivity index (χ1) is 4.25. The summed E-state index contributed by atoms with van der Waals surface area (Å²) in [7, 11) is 0. The molecule has 2 atom stereocenters. The molecule has 2 unspecified atom stereocenters. The van der Waals surface area contributed by atoms with Crippen LogP contribution in [0.2, 0.25) is 0 Å². The van der Waals surface area contributed by atoms with Crippen LogP contribution in [0.1, 0.15) is 26.7 Å². The van der Waals surface area contributed by atoms with E-state index in [1.807, 2.05) is 0 Å². The highest BCUT2D eigenvalue weighted by atomic mass is 14.5. The minimum absolute atomic E-state index is 0.874. The SMILES string of the molecule is CC1CC(C)C1CCN. The van der Waals surface area contributed by atoms with Crippen LogP contribution in [0.5, 0.6) is 0 Å². The molecule has 9 heavy (non-hydrogen) atoms. The van der Waals surface area contributed by atoms with Gasteiger partial charge in [0.05, 0.1) is 0 Å². The quantitative estimate of drug-likeness (QED) is 0.599. The number of hydrogen-bond acceptors (Lipinski definition) is 1. The molecular formula is C8H17N. The van der Waals surface area contributed by atoms with Gasteiger partial charge in [0.2, 0.25) is 0 Å². The molecule has 0 amide bonds. The molecule has 1 nitrogen and oxygen atoms in total. The Balaban J connectivity index is 2.22. The zero-order chi connectivity index (χ0) is 6.85. The fourth-order valence-electron chi connectivity index (χ4n) is 2.06. The largest absolute Gasteiger partial charge is 0.330 e. The molecule has 2 N–H and O–H groups in total. The second-order valence-corrected chi connectivity index (χ2v) is 3.43. The van der Waals surface area contributed by atoms with Gasteiger partial charge in [-0.2, -0.15) is 0 Å². The predicted molar refractivity (Wildman–Crippen MR) is 40.1 cm³/mol. The summed E-state index contributed by atoms with van der Waals surface area (Å²) in [5.74, 6) is 2.84. The molecule has 1 saturated carbocycles. The Hall–Kier alpha value is -0.0400. The van der Waals surface area contributed by atoms with Gasteiger partial charge in [0.25, 0.3) is 0 Å². The van der Waals surface area contributed by atoms with Gasteiger partial charge in [-0.3, -0.25) is 0 Å². The highest BCUT2D eigenvalue weighted by molar-refractivity contribution is 4.83. The van der Waals surface area contributed by atoms with Gasteiger partial charge in [-0.1, -0.05) is 13.8 Å². The maximum absolute atomic E-state index is 5.46. The van der Waals surface area contributed by atoms with E-state index in [1.165, 1.54) is 12.8 Å². The van der Waals surface area contributed by atoms with Crippen LogP contribution in [0.4, 0.5) is 0 Å². The first-order valence-corrected chi connectivity index (χ1v) is 3.95. The van der Waals surface area contributed by atoms with E-state index in [2.05, 4.69) is 13.8 Å². The lowest BCUT2D eigenvalue weighted by molar-refractivity contribution is 0.0950. The predicted octanol–water partition coefficient (Wildman–Crippen LogP) is 1.63. The Morgan fingerprint density at radius 2 is 1.89 bits per heavy atom. The van der Waals surface area contributed by atoms with Crippen LogP contribution in [-0.4, -0.2) is 6.54 Å². The van der Waals surface area contributed by atoms with E-state index in [4.69, 9.17) is 5.73 Å². The number of hydrogen-bond donors (Lipinski definition) is 1. The normalized spacial score (nSPS) is 42.3. The first kappa shape index (κ1) is 7.07. The molecular weight excluding hydrogens is 110 g/mol. The number of nitrogens with two attached hydrogens (primary N) is 1. The summed E-state index contributed by atoms with van der Waals surface area (Å²) in [5, 5.41) is 0. The van der Waals surface area contributed by atoms with Crippen molar-refractivity contribution >= 4 is 0 Å². The van der Waals surface area contributed by atoms with Crippen molar-refractivity contribution in [3.05, 3.63) is 0 Å². The van der Waals surface area contributed by atoms with Crippen LogP contribution in [0.15, 0.2) is 0 Å². The van der Waals surface area contributed by atoms with Gasteiger partial charge in [-0.25, -0.2) is 0 Å². The van der Waals surface area contributed by atoms with Crippen LogP contribution in [0.25, 0.3) is 0 Å². The van der Waals surface area contributed by atoms with Crippen LogP contribution in [-0.2, 0) is 0 Å². The molecule has 1 aliphatic carbocycles. The van der Waals surface area contributed by atoms with Gasteiger partial charge >= 0.3 is 0 Å². The summed E-state index contributed by atoms with van der Waals surface area (Å²) >= 11 is 0. The monoisotopic (exact) mass is 127 g/mol. The molecule has 54 valence electrons. The Morgan fingerprint density at radius 3 is 2.11 bits per heavy atom. The van der Waals surface area contributed by atoms with Crippen LogP contribution in [0.3, 0.4) is 0 Å². The maximum Gasteiger partial charge on any atom is -0.00744 e. The molecule has 1 heteroatoms. The van der Waals surface area contributed by atoms with Gasteiger partial charge in [0, 0.05) is 0 Å². The molecule has 0 heterocycles. The van der Waals surface area contributed by atoms with Crippen molar-refractivity contribution in [2.75, 3.05) is 6.54 Å². The molecule has 0 bridgehead atoms. The van der Waals surface area contributed by atoms with Crippen molar-refractivity contribution in [3.63, 3.8) is 0 Å². The number of rotatable bonds is 2. The lowest BCUT2D eigenvalue weighted by Crippen LogP contribution is -2.34. The lowest BCUT2D eigenvalue weighted by atomic mass is 9.65. The molecule has 1 fully saturated rings. The highest BCUT2D eigenvalue weighted by Crippen LogP contribution is 2.41.